The molecule has 0 spiro atoms. The molecule has 1 aliphatic heterocycles. The second kappa shape index (κ2) is 13.7. The van der Waals surface area contributed by atoms with E-state index in [1.165, 1.54) is 47.4 Å². The van der Waals surface area contributed by atoms with Gasteiger partial charge < -0.3 is 20.6 Å². The summed E-state index contributed by atoms with van der Waals surface area (Å²) in [5, 5.41) is 26.0. The number of carboxylic acid groups (broad SMARTS) is 1. The molecule has 1 fully saturated rings. The predicted molar refractivity (Wildman–Crippen MR) is 150 cm³/mol. The van der Waals surface area contributed by atoms with Crippen molar-refractivity contribution in [1.82, 2.24) is 30.4 Å². The van der Waals surface area contributed by atoms with Crippen LogP contribution in [0.4, 0.5) is 5.69 Å². The molecule has 0 radical (unpaired) electrons. The van der Waals surface area contributed by atoms with Gasteiger partial charge in [-0.15, -0.1) is 5.10 Å². The summed E-state index contributed by atoms with van der Waals surface area (Å²) in [5.74, 6) is -0.555. The number of thioether (sulfide) groups is 1. The van der Waals surface area contributed by atoms with Gasteiger partial charge in [0.05, 0.1) is 11.3 Å². The number of benzene rings is 2. The van der Waals surface area contributed by atoms with Gasteiger partial charge in [0.15, 0.2) is 0 Å². The maximum Gasteiger partial charge on any atom is 0.335 e. The Hall–Kier alpha value is -4.23. The highest BCUT2D eigenvalue weighted by Crippen LogP contribution is 2.20. The van der Waals surface area contributed by atoms with Gasteiger partial charge >= 0.3 is 5.97 Å². The number of hydrogen-bond acceptors (Lipinski definition) is 8. The van der Waals surface area contributed by atoms with Gasteiger partial charge in [-0.1, -0.05) is 11.6 Å². The summed E-state index contributed by atoms with van der Waals surface area (Å²) >= 11 is 7.92. The first kappa shape index (κ1) is 28.8. The Kier molecular flexibility index (Phi) is 9.86. The second-order valence-corrected chi connectivity index (χ2v) is 10.4. The summed E-state index contributed by atoms with van der Waals surface area (Å²) in [6.45, 7) is 1.29. The molecule has 14 heteroatoms. The Bertz CT molecular complexity index is 1390. The van der Waals surface area contributed by atoms with Crippen LogP contribution in [0.2, 0.25) is 5.02 Å². The van der Waals surface area contributed by atoms with Crippen molar-refractivity contribution in [2.24, 2.45) is 0 Å². The van der Waals surface area contributed by atoms with E-state index in [2.05, 4.69) is 26.2 Å². The lowest BCUT2D eigenvalue weighted by molar-refractivity contribution is -0.131. The minimum absolute atomic E-state index is 0.0698. The summed E-state index contributed by atoms with van der Waals surface area (Å²) in [7, 11) is 0. The maximum atomic E-state index is 13.1. The lowest BCUT2D eigenvalue weighted by Gasteiger charge is -2.27. The van der Waals surface area contributed by atoms with Crippen LogP contribution in [0, 0.1) is 0 Å². The van der Waals surface area contributed by atoms with Crippen molar-refractivity contribution >= 4 is 58.8 Å². The quantitative estimate of drug-likeness (QED) is 0.305. The van der Waals surface area contributed by atoms with Crippen LogP contribution < -0.4 is 10.6 Å². The van der Waals surface area contributed by atoms with Gasteiger partial charge in [0, 0.05) is 53.4 Å². The molecule has 1 atom stereocenters. The minimum atomic E-state index is -1.09. The molecule has 40 heavy (non-hydrogen) atoms. The average Bonchev–Trinajstić information content (AvgIpc) is 3.49. The molecule has 1 aromatic heterocycles. The van der Waals surface area contributed by atoms with E-state index in [0.29, 0.717) is 35.1 Å². The molecule has 12 nitrogen and oxygen atoms in total. The lowest BCUT2D eigenvalue weighted by Crippen LogP contribution is -2.44. The fourth-order valence-corrected chi connectivity index (χ4v) is 5.04. The number of aromatic carboxylic acids is 1. The smallest absolute Gasteiger partial charge is 0.335 e. The summed E-state index contributed by atoms with van der Waals surface area (Å²) < 4.78 is 1.42. The number of rotatable bonds is 10. The fourth-order valence-electron chi connectivity index (χ4n) is 3.96. The van der Waals surface area contributed by atoms with Crippen molar-refractivity contribution in [1.29, 1.82) is 0 Å². The Morgan fingerprint density at radius 3 is 2.52 bits per heavy atom. The Morgan fingerprint density at radius 2 is 1.85 bits per heavy atom. The molecular formula is C26H26ClN7O5S. The Morgan fingerprint density at radius 1 is 1.10 bits per heavy atom. The standard InChI is InChI=1S/C26H26ClN7O5S/c27-19-4-8-22(34-16-28-31-32-34)18(15-19)3-9-23(35)30-21(7-10-24(36)33-11-13-40-14-12-33)25(37)29-20-5-1-17(2-6-20)26(38)39/h1-6,8-9,15-16,21H,7,10-14H2,(H,29,37)(H,30,35)(H,38,39)/b9-3+/t21-/m0/s1. The summed E-state index contributed by atoms with van der Waals surface area (Å²) in [6.07, 6.45) is 4.33. The molecule has 0 aliphatic carbocycles. The number of anilines is 1. The summed E-state index contributed by atoms with van der Waals surface area (Å²) in [5.41, 5.74) is 1.57. The third-order valence-corrected chi connectivity index (χ3v) is 7.22. The number of carboxylic acids is 1. The van der Waals surface area contributed by atoms with Crippen LogP contribution in [0.5, 0.6) is 0 Å². The number of halogens is 1. The molecule has 2 heterocycles. The monoisotopic (exact) mass is 583 g/mol. The molecule has 1 aliphatic rings. The molecule has 3 N–H and O–H groups in total. The van der Waals surface area contributed by atoms with E-state index >= 15 is 0 Å². The normalized spacial score (nSPS) is 14.1. The first-order chi connectivity index (χ1) is 19.3. The third-order valence-electron chi connectivity index (χ3n) is 6.04. The maximum absolute atomic E-state index is 13.1. The molecule has 2 aromatic carbocycles. The van der Waals surface area contributed by atoms with Gasteiger partial charge in [-0.3, -0.25) is 14.4 Å². The molecule has 4 rings (SSSR count). The first-order valence-corrected chi connectivity index (χ1v) is 13.8. The SMILES string of the molecule is O=C(/C=C/c1cc(Cl)ccc1-n1cnnn1)N[C@@H](CCC(=O)N1CCSCC1)C(=O)Nc1ccc(C(=O)O)cc1. The van der Waals surface area contributed by atoms with Crippen LogP contribution in [0.3, 0.4) is 0 Å². The van der Waals surface area contributed by atoms with E-state index in [0.717, 1.165) is 11.5 Å². The van der Waals surface area contributed by atoms with Crippen molar-refractivity contribution in [3.8, 4) is 5.69 Å². The zero-order chi connectivity index (χ0) is 28.5. The minimum Gasteiger partial charge on any atom is -0.478 e. The van der Waals surface area contributed by atoms with Crippen LogP contribution in [-0.2, 0) is 14.4 Å². The van der Waals surface area contributed by atoms with Crippen molar-refractivity contribution in [3.63, 3.8) is 0 Å². The number of nitrogens with one attached hydrogen (secondary N) is 2. The van der Waals surface area contributed by atoms with Crippen molar-refractivity contribution in [2.45, 2.75) is 18.9 Å². The van der Waals surface area contributed by atoms with E-state index in [9.17, 15) is 19.2 Å². The van der Waals surface area contributed by atoms with Crippen LogP contribution in [-0.4, -0.2) is 84.5 Å². The molecule has 1 saturated heterocycles. The number of tetrazole rings is 1. The van der Waals surface area contributed by atoms with Crippen LogP contribution in [0.25, 0.3) is 11.8 Å². The number of carbonyl (C=O) groups excluding carboxylic acids is 3. The van der Waals surface area contributed by atoms with Crippen LogP contribution >= 0.6 is 23.4 Å². The number of aromatic nitrogens is 4. The molecule has 0 saturated carbocycles. The van der Waals surface area contributed by atoms with E-state index in [-0.39, 0.29) is 24.3 Å². The molecule has 0 bridgehead atoms. The Balaban J connectivity index is 1.47. The zero-order valence-electron chi connectivity index (χ0n) is 21.2. The Labute approximate surface area is 238 Å². The largest absolute Gasteiger partial charge is 0.478 e. The van der Waals surface area contributed by atoms with Crippen molar-refractivity contribution < 1.29 is 24.3 Å². The van der Waals surface area contributed by atoms with Gasteiger partial charge in [-0.05, 0) is 65.4 Å². The highest BCUT2D eigenvalue weighted by Gasteiger charge is 2.24. The molecule has 3 aromatic rings. The van der Waals surface area contributed by atoms with E-state index in [4.69, 9.17) is 16.7 Å². The first-order valence-electron chi connectivity index (χ1n) is 12.3. The number of nitrogens with zero attached hydrogens (tertiary/aromatic N) is 5. The van der Waals surface area contributed by atoms with Crippen LogP contribution in [0.15, 0.2) is 54.9 Å². The van der Waals surface area contributed by atoms with Crippen molar-refractivity contribution in [3.05, 3.63) is 71.0 Å². The van der Waals surface area contributed by atoms with Gasteiger partial charge in [0.1, 0.15) is 12.4 Å². The number of hydrogen-bond donors (Lipinski definition) is 3. The fraction of sp³-hybridized carbons (Fsp3) is 0.269. The van der Waals surface area contributed by atoms with E-state index in [1.807, 2.05) is 0 Å². The van der Waals surface area contributed by atoms with E-state index < -0.39 is 23.8 Å². The second-order valence-electron chi connectivity index (χ2n) is 8.76. The molecule has 3 amide bonds. The van der Waals surface area contributed by atoms with Crippen LogP contribution in [0.1, 0.15) is 28.8 Å². The molecule has 0 unspecified atom stereocenters. The topological polar surface area (TPSA) is 159 Å². The van der Waals surface area contributed by atoms with Gasteiger partial charge in [-0.2, -0.15) is 16.4 Å². The number of carbonyl (C=O) groups is 4. The number of amides is 3. The summed E-state index contributed by atoms with van der Waals surface area (Å²) in [6, 6.07) is 9.61. The van der Waals surface area contributed by atoms with Gasteiger partial charge in [-0.25, -0.2) is 4.79 Å². The van der Waals surface area contributed by atoms with Crippen molar-refractivity contribution in [2.75, 3.05) is 29.9 Å². The average molecular weight is 584 g/mol. The summed E-state index contributed by atoms with van der Waals surface area (Å²) in [4.78, 5) is 51.7. The highest BCUT2D eigenvalue weighted by atomic mass is 35.5. The van der Waals surface area contributed by atoms with Gasteiger partial charge in [0.2, 0.25) is 17.7 Å². The third kappa shape index (κ3) is 7.90. The van der Waals surface area contributed by atoms with Gasteiger partial charge in [0.25, 0.3) is 0 Å². The highest BCUT2D eigenvalue weighted by molar-refractivity contribution is 7.99. The lowest BCUT2D eigenvalue weighted by atomic mass is 10.1. The molecule has 208 valence electrons. The van der Waals surface area contributed by atoms with E-state index in [1.54, 1.807) is 34.9 Å². The zero-order valence-corrected chi connectivity index (χ0v) is 22.8. The molecular weight excluding hydrogens is 558 g/mol. The predicted octanol–water partition coefficient (Wildman–Crippen LogP) is 2.51.